The van der Waals surface area contributed by atoms with Crippen LogP contribution in [0.3, 0.4) is 0 Å². The summed E-state index contributed by atoms with van der Waals surface area (Å²) in [6, 6.07) is 3.71. The third-order valence-electron chi connectivity index (χ3n) is 6.07. The summed E-state index contributed by atoms with van der Waals surface area (Å²) in [6.07, 6.45) is 1.05. The molecule has 35 heavy (non-hydrogen) atoms. The first-order valence-corrected chi connectivity index (χ1v) is 11.4. The number of ether oxygens (including phenoxy) is 2. The number of fused-ring (bicyclic) bond motifs is 1. The predicted octanol–water partition coefficient (Wildman–Crippen LogP) is 2.70. The number of morpholine rings is 1. The summed E-state index contributed by atoms with van der Waals surface area (Å²) in [5.41, 5.74) is 5.53. The second kappa shape index (κ2) is 10.5. The van der Waals surface area contributed by atoms with Crippen molar-refractivity contribution in [3.05, 3.63) is 36.3 Å². The van der Waals surface area contributed by atoms with E-state index in [2.05, 4.69) is 20.2 Å². The zero-order valence-electron chi connectivity index (χ0n) is 19.0. The van der Waals surface area contributed by atoms with Crippen LogP contribution in [-0.2, 0) is 9.53 Å². The van der Waals surface area contributed by atoms with E-state index in [0.29, 0.717) is 56.2 Å². The number of benzene rings is 1. The Hall–Kier alpha value is -3.41. The van der Waals surface area contributed by atoms with Gasteiger partial charge in [-0.25, -0.2) is 4.98 Å². The highest BCUT2D eigenvalue weighted by Gasteiger charge is 2.33. The summed E-state index contributed by atoms with van der Waals surface area (Å²) in [5, 5.41) is 9.61. The number of amides is 1. The van der Waals surface area contributed by atoms with Crippen LogP contribution in [0.25, 0.3) is 11.0 Å². The van der Waals surface area contributed by atoms with Crippen LogP contribution in [0.1, 0.15) is 25.7 Å². The Bertz CT molecular complexity index is 1110. The molecule has 2 fully saturated rings. The third kappa shape index (κ3) is 6.18. The van der Waals surface area contributed by atoms with Crippen molar-refractivity contribution in [2.75, 3.05) is 31.2 Å². The Morgan fingerprint density at radius 3 is 2.54 bits per heavy atom. The first kappa shape index (κ1) is 24.7. The molecule has 9 nitrogen and oxygen atoms in total. The number of nitrogens with zero attached hydrogens (tertiary/aromatic N) is 3. The van der Waals surface area contributed by atoms with Crippen molar-refractivity contribution in [3.8, 4) is 5.75 Å². The summed E-state index contributed by atoms with van der Waals surface area (Å²) in [4.78, 5) is 23.2. The lowest BCUT2D eigenvalue weighted by Crippen LogP contribution is -2.41. The number of aromatic nitrogens is 2. The molecule has 2 heterocycles. The number of carbonyl (C=O) groups excluding carboxylic acids is 1. The fraction of sp³-hybridized carbons (Fsp3) is 0.478. The van der Waals surface area contributed by atoms with Gasteiger partial charge in [-0.3, -0.25) is 15.2 Å². The maximum absolute atomic E-state index is 12.5. The third-order valence-corrected chi connectivity index (χ3v) is 6.07. The number of hydrogen-bond acceptors (Lipinski definition) is 8. The second-order valence-corrected chi connectivity index (χ2v) is 8.54. The van der Waals surface area contributed by atoms with Gasteiger partial charge in [0.1, 0.15) is 17.0 Å². The Balaban J connectivity index is 1.38. The number of carbonyl (C=O) groups is 1. The molecule has 1 aliphatic heterocycles. The normalized spacial score (nSPS) is 21.6. The second-order valence-electron chi connectivity index (χ2n) is 8.54. The minimum Gasteiger partial charge on any atom is -0.488 e. The largest absolute Gasteiger partial charge is 0.488 e. The Morgan fingerprint density at radius 1 is 1.17 bits per heavy atom. The molecule has 12 heteroatoms. The van der Waals surface area contributed by atoms with E-state index >= 15 is 0 Å². The van der Waals surface area contributed by atoms with E-state index in [4.69, 9.17) is 20.6 Å². The lowest BCUT2D eigenvalue weighted by atomic mass is 9.92. The number of halogens is 3. The van der Waals surface area contributed by atoms with Crippen LogP contribution in [-0.4, -0.2) is 66.2 Å². The van der Waals surface area contributed by atoms with Crippen molar-refractivity contribution < 1.29 is 27.4 Å². The summed E-state index contributed by atoms with van der Waals surface area (Å²) in [7, 11) is 0. The zero-order chi connectivity index (χ0) is 25.0. The van der Waals surface area contributed by atoms with E-state index in [0.717, 1.165) is 24.3 Å². The van der Waals surface area contributed by atoms with E-state index < -0.39 is 23.5 Å². The topological polar surface area (TPSA) is 126 Å². The van der Waals surface area contributed by atoms with Crippen molar-refractivity contribution >= 4 is 28.3 Å². The van der Waals surface area contributed by atoms with Crippen molar-refractivity contribution in [1.29, 1.82) is 5.41 Å². The number of alkyl halides is 3. The summed E-state index contributed by atoms with van der Waals surface area (Å²) in [6.45, 7) is 2.86. The van der Waals surface area contributed by atoms with E-state index in [1.807, 2.05) is 12.1 Å². The minimum atomic E-state index is -4.85. The molecule has 0 radical (unpaired) electrons. The predicted molar refractivity (Wildman–Crippen MR) is 123 cm³/mol. The lowest BCUT2D eigenvalue weighted by Gasteiger charge is -2.31. The quantitative estimate of drug-likeness (QED) is 0.418. The van der Waals surface area contributed by atoms with Crippen LogP contribution in [0.4, 0.5) is 18.9 Å². The fourth-order valence-corrected chi connectivity index (χ4v) is 4.20. The van der Waals surface area contributed by atoms with Crippen molar-refractivity contribution in [1.82, 2.24) is 15.3 Å². The number of nitrogens with one attached hydrogen (secondary N) is 2. The molecular weight excluding hydrogens is 465 g/mol. The Labute approximate surface area is 200 Å². The zero-order valence-corrected chi connectivity index (χ0v) is 19.0. The summed E-state index contributed by atoms with van der Waals surface area (Å²) in [5.74, 6) is -0.176. The monoisotopic (exact) mass is 492 g/mol. The molecule has 188 valence electrons. The summed E-state index contributed by atoms with van der Waals surface area (Å²) < 4.78 is 49.3. The van der Waals surface area contributed by atoms with Gasteiger partial charge in [-0.15, -0.1) is 0 Å². The highest BCUT2D eigenvalue weighted by atomic mass is 19.4. The number of nitrogens with two attached hydrogens (primary N) is 1. The van der Waals surface area contributed by atoms with E-state index in [9.17, 15) is 18.0 Å². The number of hydrogen-bond donors (Lipinski definition) is 3. The van der Waals surface area contributed by atoms with Crippen LogP contribution >= 0.6 is 0 Å². The number of rotatable bonds is 6. The smallest absolute Gasteiger partial charge is 0.432 e. The van der Waals surface area contributed by atoms with Gasteiger partial charge in [0, 0.05) is 43.3 Å². The lowest BCUT2D eigenvalue weighted by molar-refractivity contribution is -0.118. The molecule has 4 N–H and O–H groups in total. The average Bonchev–Trinajstić information content (AvgIpc) is 2.85. The van der Waals surface area contributed by atoms with Crippen LogP contribution in [0, 0.1) is 5.41 Å². The average molecular weight is 493 g/mol. The van der Waals surface area contributed by atoms with Gasteiger partial charge in [0.15, 0.2) is 0 Å². The molecule has 0 bridgehead atoms. The maximum atomic E-state index is 12.5. The first-order chi connectivity index (χ1) is 16.7. The first-order valence-electron chi connectivity index (χ1n) is 11.4. The number of anilines is 1. The van der Waals surface area contributed by atoms with Gasteiger partial charge in [-0.05, 0) is 37.8 Å². The molecule has 1 aromatic heterocycles. The van der Waals surface area contributed by atoms with Gasteiger partial charge in [0.05, 0.1) is 30.5 Å². The molecule has 0 spiro atoms. The molecule has 0 atom stereocenters. The van der Waals surface area contributed by atoms with Gasteiger partial charge in [-0.1, -0.05) is 0 Å². The van der Waals surface area contributed by atoms with Gasteiger partial charge in [0.25, 0.3) is 5.91 Å². The maximum Gasteiger partial charge on any atom is 0.432 e. The van der Waals surface area contributed by atoms with E-state index in [1.54, 1.807) is 12.4 Å². The van der Waals surface area contributed by atoms with Crippen LogP contribution in [0.15, 0.2) is 36.3 Å². The molecular formula is C23H27F3N6O3. The Kier molecular flexibility index (Phi) is 7.39. The highest BCUT2D eigenvalue weighted by molar-refractivity contribution is 6.04. The molecule has 0 unspecified atom stereocenters. The highest BCUT2D eigenvalue weighted by Crippen LogP contribution is 2.33. The van der Waals surface area contributed by atoms with E-state index in [1.165, 1.54) is 0 Å². The minimum absolute atomic E-state index is 0.111. The summed E-state index contributed by atoms with van der Waals surface area (Å²) >= 11 is 0. The molecule has 1 aromatic carbocycles. The van der Waals surface area contributed by atoms with Crippen molar-refractivity contribution in [2.24, 2.45) is 5.73 Å². The van der Waals surface area contributed by atoms with Gasteiger partial charge in [0.2, 0.25) is 0 Å². The van der Waals surface area contributed by atoms with Crippen LogP contribution in [0.2, 0.25) is 0 Å². The fourth-order valence-electron chi connectivity index (χ4n) is 4.20. The molecule has 2 aromatic rings. The molecule has 1 saturated heterocycles. The molecule has 4 rings (SSSR count). The number of allylic oxidation sites excluding steroid dienone is 1. The molecule has 1 amide bonds. The van der Waals surface area contributed by atoms with Gasteiger partial charge < -0.3 is 25.4 Å². The van der Waals surface area contributed by atoms with Crippen LogP contribution in [0.5, 0.6) is 5.75 Å². The van der Waals surface area contributed by atoms with Gasteiger partial charge in [-0.2, -0.15) is 13.2 Å². The van der Waals surface area contributed by atoms with Crippen molar-refractivity contribution in [3.63, 3.8) is 0 Å². The van der Waals surface area contributed by atoms with Crippen molar-refractivity contribution in [2.45, 2.75) is 44.0 Å². The van der Waals surface area contributed by atoms with Crippen LogP contribution < -0.4 is 20.7 Å². The molecule has 1 saturated carbocycles. The molecule has 1 aliphatic carbocycles. The Morgan fingerprint density at radius 2 is 1.86 bits per heavy atom. The SMILES string of the molecule is N=C(C=C(N)C(=O)NC1CCC(Oc2cc(N3CCOCC3)cc3nccnc23)CC1)C(F)(F)F. The molecule has 2 aliphatic rings. The standard InChI is InChI=1S/C23H27F3N6O3/c24-23(25,26)20(28)13-17(27)22(33)31-14-1-3-16(4-2-14)35-19-12-15(32-7-9-34-10-8-32)11-18-21(19)30-6-5-29-18/h5-6,11-14,16,28H,1-4,7-10,27H2,(H,31,33). The van der Waals surface area contributed by atoms with E-state index in [-0.39, 0.29) is 12.1 Å². The van der Waals surface area contributed by atoms with Gasteiger partial charge >= 0.3 is 6.18 Å².